The van der Waals surface area contributed by atoms with Crippen molar-refractivity contribution >= 4 is 5.97 Å². The molecule has 0 saturated heterocycles. The van der Waals surface area contributed by atoms with E-state index in [1.807, 2.05) is 6.92 Å². The summed E-state index contributed by atoms with van der Waals surface area (Å²) in [6, 6.07) is 0. The Bertz CT molecular complexity index is 310. The number of carbonyl (C=O) groups excluding carboxylic acids is 1. The topological polar surface area (TPSA) is 26.3 Å². The first-order valence-electron chi connectivity index (χ1n) is 9.90. The Balaban J connectivity index is 1.56. The van der Waals surface area contributed by atoms with E-state index in [9.17, 15) is 4.79 Å². The minimum absolute atomic E-state index is 0.0210. The zero-order valence-corrected chi connectivity index (χ0v) is 14.8. The normalized spacial score (nSPS) is 32.6. The van der Waals surface area contributed by atoms with E-state index in [-0.39, 0.29) is 12.1 Å². The van der Waals surface area contributed by atoms with Crippen LogP contribution < -0.4 is 0 Å². The van der Waals surface area contributed by atoms with Crippen LogP contribution in [0.15, 0.2) is 0 Å². The van der Waals surface area contributed by atoms with Crippen LogP contribution in [0.4, 0.5) is 0 Å². The molecule has 0 unspecified atom stereocenters. The summed E-state index contributed by atoms with van der Waals surface area (Å²) in [5, 5.41) is 0. The van der Waals surface area contributed by atoms with Crippen LogP contribution in [0.25, 0.3) is 0 Å². The molecule has 2 heteroatoms. The number of hydrogen-bond donors (Lipinski definition) is 0. The summed E-state index contributed by atoms with van der Waals surface area (Å²) in [6.45, 7) is 4.20. The van der Waals surface area contributed by atoms with Gasteiger partial charge in [-0.2, -0.15) is 0 Å². The molecule has 2 saturated carbocycles. The van der Waals surface area contributed by atoms with Crippen LogP contribution in [0.2, 0.25) is 0 Å². The quantitative estimate of drug-likeness (QED) is 0.548. The van der Waals surface area contributed by atoms with Crippen molar-refractivity contribution in [3.63, 3.8) is 0 Å². The van der Waals surface area contributed by atoms with E-state index in [1.165, 1.54) is 64.2 Å². The molecular formula is C20H36O2. The second-order valence-electron chi connectivity index (χ2n) is 7.74. The van der Waals surface area contributed by atoms with Gasteiger partial charge in [0, 0.05) is 6.42 Å². The number of hydrogen-bond acceptors (Lipinski definition) is 2. The maximum absolute atomic E-state index is 11.3. The lowest BCUT2D eigenvalue weighted by molar-refractivity contribution is -0.150. The van der Waals surface area contributed by atoms with Gasteiger partial charge in [-0.25, -0.2) is 0 Å². The van der Waals surface area contributed by atoms with E-state index in [4.69, 9.17) is 4.74 Å². The van der Waals surface area contributed by atoms with Gasteiger partial charge in [0.1, 0.15) is 6.10 Å². The standard InChI is InChI=1S/C20H36O2/c1-3-5-16-6-8-17(9-7-16)10-11-18-12-14-19(15-13-18)22-20(21)4-2/h16-19H,3-15H2,1-2H3. The van der Waals surface area contributed by atoms with Crippen molar-refractivity contribution in [1.29, 1.82) is 0 Å². The van der Waals surface area contributed by atoms with Crippen LogP contribution in [0.3, 0.4) is 0 Å². The number of rotatable bonds is 7. The Morgan fingerprint density at radius 1 is 0.773 bits per heavy atom. The zero-order chi connectivity index (χ0) is 15.8. The Morgan fingerprint density at radius 3 is 1.68 bits per heavy atom. The molecule has 0 bridgehead atoms. The molecule has 22 heavy (non-hydrogen) atoms. The summed E-state index contributed by atoms with van der Waals surface area (Å²) in [6.07, 6.45) is 17.1. The Labute approximate surface area is 137 Å². The monoisotopic (exact) mass is 308 g/mol. The molecular weight excluding hydrogens is 272 g/mol. The van der Waals surface area contributed by atoms with Crippen molar-refractivity contribution in [2.45, 2.75) is 103 Å². The number of esters is 1. The molecule has 0 aromatic carbocycles. The highest BCUT2D eigenvalue weighted by Gasteiger charge is 2.25. The third-order valence-corrected chi connectivity index (χ3v) is 6.03. The Kier molecular flexibility index (Phi) is 7.75. The molecule has 2 rings (SSSR count). The van der Waals surface area contributed by atoms with Crippen molar-refractivity contribution < 1.29 is 9.53 Å². The van der Waals surface area contributed by atoms with Crippen molar-refractivity contribution in [2.24, 2.45) is 17.8 Å². The molecule has 2 fully saturated rings. The van der Waals surface area contributed by atoms with Crippen LogP contribution in [-0.4, -0.2) is 12.1 Å². The molecule has 0 heterocycles. The molecule has 2 nitrogen and oxygen atoms in total. The molecule has 0 radical (unpaired) electrons. The molecule has 0 N–H and O–H groups in total. The Morgan fingerprint density at radius 2 is 1.23 bits per heavy atom. The lowest BCUT2D eigenvalue weighted by atomic mass is 9.76. The average molecular weight is 309 g/mol. The lowest BCUT2D eigenvalue weighted by Crippen LogP contribution is -2.24. The summed E-state index contributed by atoms with van der Waals surface area (Å²) >= 11 is 0. The molecule has 128 valence electrons. The highest BCUT2D eigenvalue weighted by molar-refractivity contribution is 5.69. The maximum Gasteiger partial charge on any atom is 0.305 e. The van der Waals surface area contributed by atoms with E-state index in [1.54, 1.807) is 0 Å². The van der Waals surface area contributed by atoms with Crippen LogP contribution in [-0.2, 0) is 9.53 Å². The summed E-state index contributed by atoms with van der Waals surface area (Å²) in [7, 11) is 0. The fourth-order valence-corrected chi connectivity index (χ4v) is 4.50. The van der Waals surface area contributed by atoms with Crippen LogP contribution in [0, 0.1) is 17.8 Å². The summed E-state index contributed by atoms with van der Waals surface area (Å²) in [5.74, 6) is 2.91. The largest absolute Gasteiger partial charge is 0.462 e. The third kappa shape index (κ3) is 5.93. The third-order valence-electron chi connectivity index (χ3n) is 6.03. The van der Waals surface area contributed by atoms with Gasteiger partial charge in [-0.1, -0.05) is 65.2 Å². The van der Waals surface area contributed by atoms with Gasteiger partial charge in [0.2, 0.25) is 0 Å². The number of ether oxygens (including phenoxy) is 1. The SMILES string of the molecule is CCCC1CCC(CCC2CCC(OC(=O)CC)CC2)CC1. The minimum Gasteiger partial charge on any atom is -0.462 e. The minimum atomic E-state index is -0.0210. The highest BCUT2D eigenvalue weighted by atomic mass is 16.5. The molecule has 0 spiro atoms. The molecule has 2 aliphatic carbocycles. The van der Waals surface area contributed by atoms with Crippen molar-refractivity contribution in [3.8, 4) is 0 Å². The van der Waals surface area contributed by atoms with Crippen LogP contribution >= 0.6 is 0 Å². The molecule has 0 aliphatic heterocycles. The smallest absolute Gasteiger partial charge is 0.305 e. The maximum atomic E-state index is 11.3. The molecule has 0 atom stereocenters. The molecule has 0 amide bonds. The van der Waals surface area contributed by atoms with Gasteiger partial charge < -0.3 is 4.74 Å². The number of carbonyl (C=O) groups is 1. The summed E-state index contributed by atoms with van der Waals surface area (Å²) in [4.78, 5) is 11.3. The van der Waals surface area contributed by atoms with Gasteiger partial charge in [0.05, 0.1) is 0 Å². The van der Waals surface area contributed by atoms with Gasteiger partial charge in [-0.05, 0) is 43.4 Å². The molecule has 0 aromatic heterocycles. The highest BCUT2D eigenvalue weighted by Crippen LogP contribution is 2.36. The van der Waals surface area contributed by atoms with E-state index in [0.717, 1.165) is 30.6 Å². The van der Waals surface area contributed by atoms with Gasteiger partial charge >= 0.3 is 5.97 Å². The fraction of sp³-hybridized carbons (Fsp3) is 0.950. The summed E-state index contributed by atoms with van der Waals surface area (Å²) in [5.41, 5.74) is 0. The van der Waals surface area contributed by atoms with Gasteiger partial charge in [-0.3, -0.25) is 4.79 Å². The predicted molar refractivity (Wildman–Crippen MR) is 91.7 cm³/mol. The first-order valence-corrected chi connectivity index (χ1v) is 9.90. The van der Waals surface area contributed by atoms with Gasteiger partial charge in [-0.15, -0.1) is 0 Å². The van der Waals surface area contributed by atoms with Crippen molar-refractivity contribution in [3.05, 3.63) is 0 Å². The second-order valence-corrected chi connectivity index (χ2v) is 7.74. The fourth-order valence-electron chi connectivity index (χ4n) is 4.50. The molecule has 2 aliphatic rings. The summed E-state index contributed by atoms with van der Waals surface area (Å²) < 4.78 is 5.48. The predicted octanol–water partition coefficient (Wildman–Crippen LogP) is 5.89. The average Bonchev–Trinajstić information content (AvgIpc) is 2.56. The van der Waals surface area contributed by atoms with Gasteiger partial charge in [0.25, 0.3) is 0 Å². The molecule has 0 aromatic rings. The van der Waals surface area contributed by atoms with E-state index in [0.29, 0.717) is 6.42 Å². The van der Waals surface area contributed by atoms with Crippen molar-refractivity contribution in [1.82, 2.24) is 0 Å². The lowest BCUT2D eigenvalue weighted by Gasteiger charge is -2.31. The van der Waals surface area contributed by atoms with Crippen LogP contribution in [0.5, 0.6) is 0 Å². The van der Waals surface area contributed by atoms with Crippen LogP contribution in [0.1, 0.15) is 97.3 Å². The van der Waals surface area contributed by atoms with Gasteiger partial charge in [0.15, 0.2) is 0 Å². The van der Waals surface area contributed by atoms with Crippen molar-refractivity contribution in [2.75, 3.05) is 0 Å². The first-order chi connectivity index (χ1) is 10.7. The second kappa shape index (κ2) is 9.57. The van der Waals surface area contributed by atoms with E-state index >= 15 is 0 Å². The van der Waals surface area contributed by atoms with E-state index in [2.05, 4.69) is 6.92 Å². The first kappa shape index (κ1) is 17.8. The van der Waals surface area contributed by atoms with E-state index < -0.39 is 0 Å². The Hall–Kier alpha value is -0.530. The zero-order valence-electron chi connectivity index (χ0n) is 14.8.